The van der Waals surface area contributed by atoms with Gasteiger partial charge in [-0.15, -0.1) is 0 Å². The number of rotatable bonds is 14. The molecule has 0 spiro atoms. The highest BCUT2D eigenvalue weighted by molar-refractivity contribution is 6.31. The zero-order valence-corrected chi connectivity index (χ0v) is 36.9. The van der Waals surface area contributed by atoms with Crippen molar-refractivity contribution in [3.8, 4) is 11.5 Å². The number of halogens is 7. The third-order valence-electron chi connectivity index (χ3n) is 9.82. The number of amides is 2. The number of carbonyl (C=O) groups is 4. The Bertz CT molecular complexity index is 2500. The summed E-state index contributed by atoms with van der Waals surface area (Å²) in [7, 11) is 1.59. The second-order valence-corrected chi connectivity index (χ2v) is 14.9. The number of imidazole rings is 1. The number of pyridine rings is 1. The SMILES string of the molecule is CCn1c(CNC(=O)c2nc(Cl)c(N)nc2N)[n+](CC2CCOCC2)c2ccc(OCC(=O)N(Cc3ccccc3)Cc3nc(C)ccc3OC)cc21.O=C(O)C(F)(F)F.O=C(O)C(F)(F)F. The number of fused-ring (bicyclic) bond motifs is 1. The van der Waals surface area contributed by atoms with Gasteiger partial charge in [-0.1, -0.05) is 41.9 Å². The van der Waals surface area contributed by atoms with Crippen molar-refractivity contribution >= 4 is 58.0 Å². The van der Waals surface area contributed by atoms with Crippen LogP contribution >= 0.6 is 11.6 Å². The molecule has 1 saturated heterocycles. The number of hydrogen-bond acceptors (Lipinski definition) is 12. The van der Waals surface area contributed by atoms with Crippen molar-refractivity contribution in [2.24, 2.45) is 5.92 Å². The summed E-state index contributed by atoms with van der Waals surface area (Å²) >= 11 is 6.05. The Kier molecular flexibility index (Phi) is 18.5. The van der Waals surface area contributed by atoms with E-state index in [1.54, 1.807) is 12.0 Å². The highest BCUT2D eigenvalue weighted by atomic mass is 35.5. The molecular formula is C42H47ClF6N9O9+. The molecule has 2 aromatic carbocycles. The van der Waals surface area contributed by atoms with Crippen LogP contribution in [0.4, 0.5) is 38.0 Å². The van der Waals surface area contributed by atoms with Crippen molar-refractivity contribution in [2.75, 3.05) is 38.4 Å². The summed E-state index contributed by atoms with van der Waals surface area (Å²) in [4.78, 5) is 59.3. The lowest BCUT2D eigenvalue weighted by Crippen LogP contribution is -2.44. The number of anilines is 2. The molecule has 1 aliphatic heterocycles. The van der Waals surface area contributed by atoms with Crippen molar-refractivity contribution in [2.45, 2.75) is 71.8 Å². The van der Waals surface area contributed by atoms with Crippen molar-refractivity contribution in [1.82, 2.24) is 29.7 Å². The van der Waals surface area contributed by atoms with Crippen LogP contribution in [0.2, 0.25) is 5.15 Å². The molecule has 0 radical (unpaired) electrons. The van der Waals surface area contributed by atoms with Crippen LogP contribution < -0.4 is 30.8 Å². The van der Waals surface area contributed by atoms with Gasteiger partial charge in [-0.3, -0.25) is 14.6 Å². The smallest absolute Gasteiger partial charge is 0.490 e. The van der Waals surface area contributed by atoms with E-state index in [0.717, 1.165) is 47.5 Å². The fourth-order valence-electron chi connectivity index (χ4n) is 6.60. The van der Waals surface area contributed by atoms with Gasteiger partial charge < -0.3 is 46.1 Å². The fraction of sp³-hybridized carbons (Fsp3) is 0.381. The van der Waals surface area contributed by atoms with Gasteiger partial charge in [0.1, 0.15) is 23.7 Å². The van der Waals surface area contributed by atoms with E-state index in [9.17, 15) is 35.9 Å². The molecule has 0 bridgehead atoms. The van der Waals surface area contributed by atoms with E-state index in [1.165, 1.54) is 0 Å². The molecule has 0 atom stereocenters. The van der Waals surface area contributed by atoms with Crippen LogP contribution in [0.25, 0.3) is 11.0 Å². The molecule has 67 heavy (non-hydrogen) atoms. The van der Waals surface area contributed by atoms with E-state index in [0.29, 0.717) is 49.4 Å². The van der Waals surface area contributed by atoms with Gasteiger partial charge >= 0.3 is 24.3 Å². The molecule has 7 N–H and O–H groups in total. The van der Waals surface area contributed by atoms with E-state index in [4.69, 9.17) is 57.1 Å². The summed E-state index contributed by atoms with van der Waals surface area (Å²) in [5, 5.41) is 17.1. The Morgan fingerprint density at radius 2 is 1.55 bits per heavy atom. The number of nitrogens with one attached hydrogen (secondary N) is 1. The number of carboxylic acid groups (broad SMARTS) is 2. The first kappa shape index (κ1) is 52.7. The predicted octanol–water partition coefficient (Wildman–Crippen LogP) is 5.50. The topological polar surface area (TPSA) is 251 Å². The minimum absolute atomic E-state index is 0.0479. The van der Waals surface area contributed by atoms with Crippen LogP contribution in [0.15, 0.2) is 60.7 Å². The van der Waals surface area contributed by atoms with E-state index in [1.807, 2.05) is 74.5 Å². The summed E-state index contributed by atoms with van der Waals surface area (Å²) in [5.74, 6) is -3.98. The zero-order valence-electron chi connectivity index (χ0n) is 36.2. The van der Waals surface area contributed by atoms with Gasteiger partial charge in [0, 0.05) is 37.4 Å². The standard InChI is InChI=1S/C38H44ClN9O5.2C2HF3O2/c1-4-47-30-18-27(53-23-33(49)46(20-25-8-6-5-7-9-25)22-28-31(51-3)13-10-24(2)43-28)11-12-29(30)48(21-26-14-16-52-17-15-26)32(47)19-42-38(50)34-36(40)45-37(41)35(39)44-34;2*3-2(4,5)1(6)7/h5-13,18,26H,4,14-17,19-23H2,1-3H3,(H4-,40,41,42,45,50);2*(H,6,7)/p+1. The number of aromatic nitrogens is 5. The molecule has 2 amide bonds. The Morgan fingerprint density at radius 3 is 2.13 bits per heavy atom. The average Bonchev–Trinajstić information content (AvgIpc) is 3.57. The van der Waals surface area contributed by atoms with E-state index >= 15 is 0 Å². The van der Waals surface area contributed by atoms with Crippen LogP contribution in [0.1, 0.15) is 53.0 Å². The minimum atomic E-state index is -5.08. The first-order valence-corrected chi connectivity index (χ1v) is 20.5. The van der Waals surface area contributed by atoms with E-state index in [2.05, 4.69) is 29.4 Å². The van der Waals surface area contributed by atoms with Crippen molar-refractivity contribution in [3.63, 3.8) is 0 Å². The van der Waals surface area contributed by atoms with Crippen molar-refractivity contribution < 1.29 is 74.5 Å². The Hall–Kier alpha value is -6.95. The number of benzene rings is 2. The number of aliphatic carboxylic acids is 2. The van der Waals surface area contributed by atoms with Gasteiger partial charge in [-0.2, -0.15) is 26.3 Å². The monoisotopic (exact) mass is 970 g/mol. The Balaban J connectivity index is 0.000000608. The number of nitrogens with zero attached hydrogens (tertiary/aromatic N) is 6. The summed E-state index contributed by atoms with van der Waals surface area (Å²) in [5.41, 5.74) is 15.9. The Morgan fingerprint density at radius 1 is 0.925 bits per heavy atom. The molecule has 1 fully saturated rings. The summed E-state index contributed by atoms with van der Waals surface area (Å²) in [6.45, 7) is 7.32. The second kappa shape index (κ2) is 23.5. The first-order valence-electron chi connectivity index (χ1n) is 20.1. The summed E-state index contributed by atoms with van der Waals surface area (Å²) in [6.07, 6.45) is -8.30. The highest BCUT2D eigenvalue weighted by Crippen LogP contribution is 2.26. The van der Waals surface area contributed by atoms with Crippen LogP contribution in [-0.4, -0.2) is 97.7 Å². The van der Waals surface area contributed by atoms with Crippen molar-refractivity contribution in [1.29, 1.82) is 0 Å². The van der Waals surface area contributed by atoms with Crippen molar-refractivity contribution in [3.05, 3.63) is 94.3 Å². The van der Waals surface area contributed by atoms with Crippen LogP contribution in [0.3, 0.4) is 0 Å². The second-order valence-electron chi connectivity index (χ2n) is 14.5. The molecule has 18 nitrogen and oxygen atoms in total. The third-order valence-corrected chi connectivity index (χ3v) is 10.1. The number of alkyl halides is 6. The van der Waals surface area contributed by atoms with Crippen LogP contribution in [0.5, 0.6) is 11.5 Å². The van der Waals surface area contributed by atoms with Crippen LogP contribution in [0, 0.1) is 12.8 Å². The maximum Gasteiger partial charge on any atom is 0.490 e. The van der Waals surface area contributed by atoms with Gasteiger partial charge in [0.2, 0.25) is 0 Å². The summed E-state index contributed by atoms with van der Waals surface area (Å²) in [6, 6.07) is 19.4. The van der Waals surface area contributed by atoms with E-state index in [-0.39, 0.29) is 48.1 Å². The number of nitrogens with two attached hydrogens (primary N) is 2. The molecule has 0 saturated carbocycles. The maximum atomic E-state index is 13.8. The molecule has 0 unspecified atom stereocenters. The van der Waals surface area contributed by atoms with E-state index < -0.39 is 30.2 Å². The number of hydrogen-bond donors (Lipinski definition) is 5. The van der Waals surface area contributed by atoms with Crippen LogP contribution in [-0.2, 0) is 51.8 Å². The van der Waals surface area contributed by atoms with Gasteiger partial charge in [0.15, 0.2) is 40.1 Å². The predicted molar refractivity (Wildman–Crippen MR) is 227 cm³/mol. The maximum absolute atomic E-state index is 13.8. The number of carbonyl (C=O) groups excluding carboxylic acids is 2. The molecule has 5 aromatic rings. The zero-order chi connectivity index (χ0) is 49.6. The molecule has 0 aliphatic carbocycles. The lowest BCUT2D eigenvalue weighted by Gasteiger charge is -2.24. The number of nitrogen functional groups attached to an aromatic ring is 2. The molecule has 1 aliphatic rings. The summed E-state index contributed by atoms with van der Waals surface area (Å²) < 4.78 is 85.2. The fourth-order valence-corrected chi connectivity index (χ4v) is 6.72. The van der Waals surface area contributed by atoms with Gasteiger partial charge in [-0.25, -0.2) is 28.7 Å². The van der Waals surface area contributed by atoms with Gasteiger partial charge in [-0.05, 0) is 56.5 Å². The highest BCUT2D eigenvalue weighted by Gasteiger charge is 2.39. The number of methoxy groups -OCH3 is 1. The van der Waals surface area contributed by atoms with Gasteiger partial charge in [0.25, 0.3) is 17.6 Å². The largest absolute Gasteiger partial charge is 0.495 e. The number of ether oxygens (including phenoxy) is 3. The normalized spacial score (nSPS) is 12.8. The number of carboxylic acids is 2. The molecule has 25 heteroatoms. The molecule has 6 rings (SSSR count). The average molecular weight is 971 g/mol. The molecular weight excluding hydrogens is 924 g/mol. The third kappa shape index (κ3) is 15.0. The Labute approximate surface area is 383 Å². The lowest BCUT2D eigenvalue weighted by molar-refractivity contribution is -0.687. The molecule has 3 aromatic heterocycles. The molecule has 4 heterocycles. The van der Waals surface area contributed by atoms with Gasteiger partial charge in [0.05, 0.1) is 26.7 Å². The minimum Gasteiger partial charge on any atom is -0.495 e. The lowest BCUT2D eigenvalue weighted by atomic mass is 10.0. The molecule has 362 valence electrons. The number of aryl methyl sites for hydroxylation is 2. The quantitative estimate of drug-likeness (QED) is 0.0681. The first-order chi connectivity index (χ1) is 31.5.